The predicted molar refractivity (Wildman–Crippen MR) is 137 cm³/mol. The minimum atomic E-state index is -3.44. The van der Waals surface area contributed by atoms with E-state index in [0.29, 0.717) is 16.8 Å². The first kappa shape index (κ1) is 23.0. The maximum absolute atomic E-state index is 13.6. The molecule has 1 N–H and O–H groups in total. The van der Waals surface area contributed by atoms with E-state index in [0.717, 1.165) is 33.7 Å². The van der Waals surface area contributed by atoms with E-state index < -0.39 is 15.3 Å². The summed E-state index contributed by atoms with van der Waals surface area (Å²) >= 11 is 0. The Labute approximate surface area is 203 Å². The van der Waals surface area contributed by atoms with Crippen LogP contribution in [0.15, 0.2) is 65.6 Å². The van der Waals surface area contributed by atoms with Gasteiger partial charge >= 0.3 is 0 Å². The summed E-state index contributed by atoms with van der Waals surface area (Å²) in [6.45, 7) is 3.75. The van der Waals surface area contributed by atoms with Crippen LogP contribution in [0.2, 0.25) is 0 Å². The lowest BCUT2D eigenvalue weighted by molar-refractivity contribution is -0.123. The minimum absolute atomic E-state index is 0.0383. The quantitative estimate of drug-likeness (QED) is 0.442. The number of benzene rings is 3. The zero-order valence-corrected chi connectivity index (χ0v) is 20.7. The van der Waals surface area contributed by atoms with Crippen LogP contribution in [0, 0.1) is 6.92 Å². The van der Waals surface area contributed by atoms with Crippen LogP contribution in [-0.2, 0) is 20.0 Å². The molecule has 178 valence electrons. The molecule has 8 heteroatoms. The van der Waals surface area contributed by atoms with Gasteiger partial charge in [0.25, 0.3) is 5.91 Å². The van der Waals surface area contributed by atoms with Gasteiger partial charge in [0.1, 0.15) is 5.41 Å². The maximum Gasteiger partial charge on any atom is 0.251 e. The average Bonchev–Trinajstić information content (AvgIpc) is 2.84. The van der Waals surface area contributed by atoms with Crippen LogP contribution in [0.5, 0.6) is 0 Å². The van der Waals surface area contributed by atoms with Gasteiger partial charge in [-0.1, -0.05) is 35.9 Å². The van der Waals surface area contributed by atoms with Crippen LogP contribution in [0.25, 0.3) is 21.7 Å². The Morgan fingerprint density at radius 2 is 1.77 bits per heavy atom. The topological polar surface area (TPSA) is 96.4 Å². The number of carbonyl (C=O) groups excluding carboxylic acids is 2. The number of amides is 2. The van der Waals surface area contributed by atoms with Crippen LogP contribution >= 0.6 is 0 Å². The number of nitrogens with one attached hydrogen (secondary N) is 1. The van der Waals surface area contributed by atoms with Crippen molar-refractivity contribution in [1.29, 1.82) is 0 Å². The van der Waals surface area contributed by atoms with Crippen LogP contribution < -0.4 is 10.2 Å². The van der Waals surface area contributed by atoms with Crippen LogP contribution in [-0.4, -0.2) is 45.1 Å². The summed E-state index contributed by atoms with van der Waals surface area (Å²) in [6.07, 6.45) is 1.15. The SMILES string of the molecule is Cc1ccc(C(=O)NCC2(C)C(=O)N(C)c3cccc4c3c2nc2cc(S(C)(=O)=O)ccc24)cc1. The molecule has 2 heterocycles. The molecule has 3 aromatic carbocycles. The molecular formula is C27H25N3O4S. The molecule has 35 heavy (non-hydrogen) atoms. The molecule has 1 unspecified atom stereocenters. The largest absolute Gasteiger partial charge is 0.351 e. The smallest absolute Gasteiger partial charge is 0.251 e. The maximum atomic E-state index is 13.6. The van der Waals surface area contributed by atoms with Gasteiger partial charge in [0.05, 0.1) is 21.8 Å². The summed E-state index contributed by atoms with van der Waals surface area (Å²) in [4.78, 5) is 33.1. The highest BCUT2D eigenvalue weighted by Gasteiger charge is 2.45. The van der Waals surface area contributed by atoms with Gasteiger partial charge in [0.15, 0.2) is 9.84 Å². The Bertz CT molecular complexity index is 1650. The standard InChI is InChI=1S/C27H25N3O4S/c1-16-8-10-17(11-9-16)25(31)28-15-27(2)24-23-20(6-5-7-22(23)30(3)26(27)32)19-13-12-18(35(4,33)34)14-21(19)29-24/h5-14H,15H2,1-4H3,(H,28,31). The number of hydrogen-bond acceptors (Lipinski definition) is 5. The molecule has 0 fully saturated rings. The van der Waals surface area contributed by atoms with Crippen molar-refractivity contribution in [2.75, 3.05) is 24.7 Å². The van der Waals surface area contributed by atoms with Crippen molar-refractivity contribution in [1.82, 2.24) is 10.3 Å². The van der Waals surface area contributed by atoms with Crippen molar-refractivity contribution in [2.45, 2.75) is 24.2 Å². The second-order valence-corrected chi connectivity index (χ2v) is 11.4. The van der Waals surface area contributed by atoms with Crippen molar-refractivity contribution >= 4 is 49.0 Å². The number of fused-ring (bicyclic) bond motifs is 2. The predicted octanol–water partition coefficient (Wildman–Crippen LogP) is 3.76. The van der Waals surface area contributed by atoms with Gasteiger partial charge in [0.2, 0.25) is 5.91 Å². The molecular weight excluding hydrogens is 462 g/mol. The number of hydrogen-bond donors (Lipinski definition) is 1. The Kier molecular flexibility index (Phi) is 5.18. The van der Waals surface area contributed by atoms with Crippen LogP contribution in [0.3, 0.4) is 0 Å². The number of likely N-dealkylation sites (N-methyl/N-ethyl adjacent to an activating group) is 1. The Balaban J connectivity index is 1.68. The fourth-order valence-electron chi connectivity index (χ4n) is 4.74. The third-order valence-corrected chi connectivity index (χ3v) is 7.89. The molecule has 0 bridgehead atoms. The summed E-state index contributed by atoms with van der Waals surface area (Å²) in [7, 11) is -1.72. The number of aryl methyl sites for hydroxylation is 1. The highest BCUT2D eigenvalue weighted by Crippen LogP contribution is 2.43. The number of anilines is 1. The van der Waals surface area contributed by atoms with Gasteiger partial charge in [0, 0.05) is 36.2 Å². The fraction of sp³-hybridized carbons (Fsp3) is 0.222. The third-order valence-electron chi connectivity index (χ3n) is 6.78. The Hall–Kier alpha value is -3.78. The van der Waals surface area contributed by atoms with E-state index in [-0.39, 0.29) is 23.3 Å². The minimum Gasteiger partial charge on any atom is -0.351 e. The van der Waals surface area contributed by atoms with E-state index in [1.165, 1.54) is 0 Å². The molecule has 0 spiro atoms. The summed E-state index contributed by atoms with van der Waals surface area (Å²) in [5.41, 5.74) is 2.13. The highest BCUT2D eigenvalue weighted by atomic mass is 32.2. The molecule has 0 saturated heterocycles. The van der Waals surface area contributed by atoms with Gasteiger partial charge in [-0.3, -0.25) is 14.6 Å². The van der Waals surface area contributed by atoms with Gasteiger partial charge in [-0.05, 0) is 49.6 Å². The lowest BCUT2D eigenvalue weighted by atomic mass is 9.78. The van der Waals surface area contributed by atoms with E-state index in [9.17, 15) is 18.0 Å². The summed E-state index contributed by atoms with van der Waals surface area (Å²) in [5, 5.41) is 5.41. The van der Waals surface area contributed by atoms with E-state index in [2.05, 4.69) is 5.32 Å². The molecule has 7 nitrogen and oxygen atoms in total. The second-order valence-electron chi connectivity index (χ2n) is 9.36. The zero-order chi connectivity index (χ0) is 25.1. The van der Waals surface area contributed by atoms with Crippen molar-refractivity contribution < 1.29 is 18.0 Å². The first-order valence-electron chi connectivity index (χ1n) is 11.2. The second kappa shape index (κ2) is 7.88. The molecule has 1 aromatic heterocycles. The molecule has 2 amide bonds. The van der Waals surface area contributed by atoms with Gasteiger partial charge in [-0.25, -0.2) is 8.42 Å². The van der Waals surface area contributed by atoms with Crippen molar-refractivity contribution in [3.8, 4) is 0 Å². The Morgan fingerprint density at radius 3 is 2.46 bits per heavy atom. The fourth-order valence-corrected chi connectivity index (χ4v) is 5.38. The Morgan fingerprint density at radius 1 is 1.06 bits per heavy atom. The number of pyridine rings is 1. The van der Waals surface area contributed by atoms with Gasteiger partial charge < -0.3 is 10.2 Å². The van der Waals surface area contributed by atoms with Crippen LogP contribution in [0.4, 0.5) is 5.69 Å². The third kappa shape index (κ3) is 3.65. The highest BCUT2D eigenvalue weighted by molar-refractivity contribution is 7.90. The number of sulfone groups is 1. The van der Waals surface area contributed by atoms with E-state index in [1.54, 1.807) is 49.2 Å². The van der Waals surface area contributed by atoms with Crippen molar-refractivity contribution in [3.05, 3.63) is 77.5 Å². The summed E-state index contributed by atoms with van der Waals surface area (Å²) in [6, 6.07) is 17.8. The van der Waals surface area contributed by atoms with Gasteiger partial charge in [-0.15, -0.1) is 0 Å². The number of rotatable bonds is 4. The molecule has 4 aromatic rings. The van der Waals surface area contributed by atoms with Crippen LogP contribution in [0.1, 0.15) is 28.5 Å². The molecule has 1 atom stereocenters. The lowest BCUT2D eigenvalue weighted by Gasteiger charge is -2.38. The molecule has 1 aliphatic heterocycles. The van der Waals surface area contributed by atoms with Gasteiger partial charge in [-0.2, -0.15) is 0 Å². The first-order chi connectivity index (χ1) is 16.5. The van der Waals surface area contributed by atoms with Crippen molar-refractivity contribution in [3.63, 3.8) is 0 Å². The molecule has 1 aliphatic rings. The normalized spacial score (nSPS) is 17.7. The first-order valence-corrected chi connectivity index (χ1v) is 13.1. The summed E-state index contributed by atoms with van der Waals surface area (Å²) < 4.78 is 24.4. The zero-order valence-electron chi connectivity index (χ0n) is 19.9. The average molecular weight is 488 g/mol. The van der Waals surface area contributed by atoms with E-state index in [1.807, 2.05) is 37.3 Å². The molecule has 0 aliphatic carbocycles. The van der Waals surface area contributed by atoms with E-state index in [4.69, 9.17) is 4.98 Å². The lowest BCUT2D eigenvalue weighted by Crippen LogP contribution is -2.53. The number of aromatic nitrogens is 1. The van der Waals surface area contributed by atoms with E-state index >= 15 is 0 Å². The number of carbonyl (C=O) groups is 2. The monoisotopic (exact) mass is 487 g/mol. The molecule has 0 saturated carbocycles. The number of nitrogens with zero attached hydrogens (tertiary/aromatic N) is 2. The summed E-state index contributed by atoms with van der Waals surface area (Å²) in [5.74, 6) is -0.482. The molecule has 0 radical (unpaired) electrons. The van der Waals surface area contributed by atoms with Crippen molar-refractivity contribution in [2.24, 2.45) is 0 Å². The molecule has 5 rings (SSSR count).